The van der Waals surface area contributed by atoms with Crippen LogP contribution >= 0.6 is 0 Å². The van der Waals surface area contributed by atoms with Crippen LogP contribution in [0.3, 0.4) is 0 Å². The summed E-state index contributed by atoms with van der Waals surface area (Å²) < 4.78 is 11.2. The molecule has 2 aromatic rings. The van der Waals surface area contributed by atoms with Crippen LogP contribution in [0.15, 0.2) is 48.5 Å². The molecule has 0 aliphatic carbocycles. The molecule has 0 saturated carbocycles. The zero-order chi connectivity index (χ0) is 12.4. The Hall–Kier alpha value is -2.00. The molecule has 1 atom stereocenters. The van der Waals surface area contributed by atoms with Crippen LogP contribution in [-0.4, -0.2) is 11.7 Å². The van der Waals surface area contributed by atoms with Gasteiger partial charge in [0.15, 0.2) is 0 Å². The second-order valence-corrected chi connectivity index (χ2v) is 4.27. The van der Waals surface area contributed by atoms with Gasteiger partial charge in [-0.15, -0.1) is 0 Å². The maximum atomic E-state index is 9.92. The maximum Gasteiger partial charge on any atom is 0.128 e. The van der Waals surface area contributed by atoms with E-state index in [1.54, 1.807) is 0 Å². The fraction of sp³-hybridized carbons (Fsp3) is 0.200. The van der Waals surface area contributed by atoms with E-state index in [9.17, 15) is 5.11 Å². The van der Waals surface area contributed by atoms with Gasteiger partial charge in [0, 0.05) is 12.0 Å². The predicted octanol–water partition coefficient (Wildman–Crippen LogP) is 3.29. The summed E-state index contributed by atoms with van der Waals surface area (Å²) >= 11 is 0. The molecule has 0 aromatic heterocycles. The van der Waals surface area contributed by atoms with Gasteiger partial charge in [-0.2, -0.15) is 0 Å². The summed E-state index contributed by atoms with van der Waals surface area (Å²) in [5.41, 5.74) is 0.801. The Kier molecular flexibility index (Phi) is 2.90. The van der Waals surface area contributed by atoms with Gasteiger partial charge in [-0.05, 0) is 30.3 Å². The number of aliphatic hydroxyl groups excluding tert-OH is 1. The first-order valence-electron chi connectivity index (χ1n) is 6.00. The lowest BCUT2D eigenvalue weighted by Gasteiger charge is -2.22. The van der Waals surface area contributed by atoms with Crippen LogP contribution in [0.4, 0.5) is 0 Å². The number of aliphatic hydroxyl groups is 1. The van der Waals surface area contributed by atoms with Crippen molar-refractivity contribution in [1.29, 1.82) is 0 Å². The third-order valence-corrected chi connectivity index (χ3v) is 2.97. The van der Waals surface area contributed by atoms with E-state index in [0.717, 1.165) is 17.1 Å². The highest BCUT2D eigenvalue weighted by Gasteiger charge is 2.19. The summed E-state index contributed by atoms with van der Waals surface area (Å²) in [5, 5.41) is 9.92. The standard InChI is InChI=1S/C15H14O3/c16-14-8-9-17-15-7-6-12(10-13(14)15)18-11-4-2-1-3-5-11/h1-7,10,14,16H,8-9H2/t14-/m1/s1. The minimum absolute atomic E-state index is 0.465. The molecule has 3 rings (SSSR count). The van der Waals surface area contributed by atoms with Crippen molar-refractivity contribution < 1.29 is 14.6 Å². The second-order valence-electron chi connectivity index (χ2n) is 4.27. The Morgan fingerprint density at radius 1 is 1.06 bits per heavy atom. The molecule has 0 amide bonds. The number of hydrogen-bond acceptors (Lipinski definition) is 3. The van der Waals surface area contributed by atoms with Gasteiger partial charge in [-0.1, -0.05) is 18.2 Å². The molecule has 1 aliphatic rings. The van der Waals surface area contributed by atoms with Gasteiger partial charge >= 0.3 is 0 Å². The molecule has 0 bridgehead atoms. The van der Waals surface area contributed by atoms with Crippen molar-refractivity contribution >= 4 is 0 Å². The number of benzene rings is 2. The number of hydrogen-bond donors (Lipinski definition) is 1. The molecule has 1 heterocycles. The van der Waals surface area contributed by atoms with E-state index in [1.165, 1.54) is 0 Å². The lowest BCUT2D eigenvalue weighted by atomic mass is 10.0. The van der Waals surface area contributed by atoms with E-state index < -0.39 is 6.10 Å². The minimum Gasteiger partial charge on any atom is -0.493 e. The highest BCUT2D eigenvalue weighted by molar-refractivity contribution is 5.44. The molecule has 18 heavy (non-hydrogen) atoms. The van der Waals surface area contributed by atoms with Crippen LogP contribution in [0, 0.1) is 0 Å². The van der Waals surface area contributed by atoms with E-state index in [-0.39, 0.29) is 0 Å². The number of rotatable bonds is 2. The quantitative estimate of drug-likeness (QED) is 0.878. The Bertz CT molecular complexity index is 537. The molecule has 0 radical (unpaired) electrons. The average molecular weight is 242 g/mol. The van der Waals surface area contributed by atoms with Crippen molar-refractivity contribution in [3.05, 3.63) is 54.1 Å². The van der Waals surface area contributed by atoms with Crippen molar-refractivity contribution in [2.24, 2.45) is 0 Å². The summed E-state index contributed by atoms with van der Waals surface area (Å²) in [5.74, 6) is 2.24. The average Bonchev–Trinajstić information content (AvgIpc) is 2.41. The molecule has 0 spiro atoms. The molecule has 0 saturated heterocycles. The third kappa shape index (κ3) is 2.17. The van der Waals surface area contributed by atoms with E-state index >= 15 is 0 Å². The number of fused-ring (bicyclic) bond motifs is 1. The smallest absolute Gasteiger partial charge is 0.128 e. The summed E-state index contributed by atoms with van der Waals surface area (Å²) in [4.78, 5) is 0. The first kappa shape index (κ1) is 11.1. The van der Waals surface area contributed by atoms with Crippen LogP contribution in [0.2, 0.25) is 0 Å². The molecule has 3 heteroatoms. The summed E-state index contributed by atoms with van der Waals surface area (Å²) in [7, 11) is 0. The zero-order valence-corrected chi connectivity index (χ0v) is 9.87. The van der Waals surface area contributed by atoms with Crippen LogP contribution in [0.25, 0.3) is 0 Å². The van der Waals surface area contributed by atoms with E-state index in [4.69, 9.17) is 9.47 Å². The van der Waals surface area contributed by atoms with Crippen molar-refractivity contribution in [3.8, 4) is 17.2 Å². The summed E-state index contributed by atoms with van der Waals surface area (Å²) in [6.45, 7) is 0.563. The normalized spacial score (nSPS) is 17.7. The van der Waals surface area contributed by atoms with Crippen molar-refractivity contribution in [2.45, 2.75) is 12.5 Å². The van der Waals surface area contributed by atoms with E-state index in [2.05, 4.69) is 0 Å². The molecule has 1 N–H and O–H groups in total. The van der Waals surface area contributed by atoms with Crippen LogP contribution in [-0.2, 0) is 0 Å². The fourth-order valence-electron chi connectivity index (χ4n) is 2.04. The Labute approximate surface area is 106 Å². The van der Waals surface area contributed by atoms with Crippen molar-refractivity contribution in [1.82, 2.24) is 0 Å². The summed E-state index contributed by atoms with van der Waals surface area (Å²) in [6.07, 6.45) is 0.162. The molecule has 92 valence electrons. The first-order valence-corrected chi connectivity index (χ1v) is 6.00. The molecular formula is C15H14O3. The third-order valence-electron chi connectivity index (χ3n) is 2.97. The van der Waals surface area contributed by atoms with Crippen LogP contribution in [0.5, 0.6) is 17.2 Å². The first-order chi connectivity index (χ1) is 8.83. The minimum atomic E-state index is -0.465. The van der Waals surface area contributed by atoms with Crippen LogP contribution in [0.1, 0.15) is 18.1 Å². The summed E-state index contributed by atoms with van der Waals surface area (Å²) in [6, 6.07) is 15.1. The largest absolute Gasteiger partial charge is 0.493 e. The predicted molar refractivity (Wildman–Crippen MR) is 68.0 cm³/mol. The van der Waals surface area contributed by atoms with Crippen LogP contribution < -0.4 is 9.47 Å². The van der Waals surface area contributed by atoms with Crippen molar-refractivity contribution in [2.75, 3.05) is 6.61 Å². The second kappa shape index (κ2) is 4.70. The lowest BCUT2D eigenvalue weighted by Crippen LogP contribution is -2.13. The number of para-hydroxylation sites is 1. The molecule has 3 nitrogen and oxygen atoms in total. The Balaban J connectivity index is 1.88. The van der Waals surface area contributed by atoms with Gasteiger partial charge in [0.2, 0.25) is 0 Å². The SMILES string of the molecule is O[C@@H]1CCOc2ccc(Oc3ccccc3)cc21. The van der Waals surface area contributed by atoms with Gasteiger partial charge < -0.3 is 14.6 Å². The fourth-order valence-corrected chi connectivity index (χ4v) is 2.04. The Morgan fingerprint density at radius 2 is 1.89 bits per heavy atom. The molecule has 0 fully saturated rings. The lowest BCUT2D eigenvalue weighted by molar-refractivity contribution is 0.115. The highest BCUT2D eigenvalue weighted by atomic mass is 16.5. The Morgan fingerprint density at radius 3 is 2.72 bits per heavy atom. The van der Waals surface area contributed by atoms with E-state index in [1.807, 2.05) is 48.5 Å². The monoisotopic (exact) mass is 242 g/mol. The zero-order valence-electron chi connectivity index (χ0n) is 9.87. The molecule has 1 aliphatic heterocycles. The maximum absolute atomic E-state index is 9.92. The van der Waals surface area contributed by atoms with Gasteiger partial charge in [-0.25, -0.2) is 0 Å². The van der Waals surface area contributed by atoms with Gasteiger partial charge in [0.05, 0.1) is 12.7 Å². The molecule has 0 unspecified atom stereocenters. The van der Waals surface area contributed by atoms with E-state index in [0.29, 0.717) is 18.8 Å². The number of ether oxygens (including phenoxy) is 2. The topological polar surface area (TPSA) is 38.7 Å². The van der Waals surface area contributed by atoms with Gasteiger partial charge in [-0.3, -0.25) is 0 Å². The van der Waals surface area contributed by atoms with Crippen molar-refractivity contribution in [3.63, 3.8) is 0 Å². The highest BCUT2D eigenvalue weighted by Crippen LogP contribution is 2.35. The van der Waals surface area contributed by atoms with Gasteiger partial charge in [0.1, 0.15) is 17.2 Å². The molecular weight excluding hydrogens is 228 g/mol. The molecule has 2 aromatic carbocycles. The van der Waals surface area contributed by atoms with Gasteiger partial charge in [0.25, 0.3) is 0 Å².